The first-order chi connectivity index (χ1) is 36.4. The summed E-state index contributed by atoms with van der Waals surface area (Å²) >= 11 is 0. The van der Waals surface area contributed by atoms with Gasteiger partial charge in [-0.05, 0) is 100 Å². The van der Waals surface area contributed by atoms with Crippen LogP contribution in [-0.2, 0) is 10.8 Å². The van der Waals surface area contributed by atoms with E-state index < -0.39 is 31.1 Å². The molecule has 2 atom stereocenters. The molecule has 0 aliphatic rings. The van der Waals surface area contributed by atoms with E-state index in [9.17, 15) is 5.11 Å². The molecule has 0 saturated carbocycles. The number of aliphatic hydroxyl groups is 1. The maximum Gasteiger partial charge on any atom is 0.320 e. The second-order valence-electron chi connectivity index (χ2n) is 23.2. The fourth-order valence-electron chi connectivity index (χ4n) is 11.5. The molecule has 9 heteroatoms. The van der Waals surface area contributed by atoms with Crippen molar-refractivity contribution >= 4 is 56.1 Å². The molecule has 6 nitrogen and oxygen atoms in total. The highest BCUT2D eigenvalue weighted by Gasteiger charge is 2.54. The molecule has 8 aromatic carbocycles. The van der Waals surface area contributed by atoms with Gasteiger partial charge in [-0.25, -0.2) is 0 Å². The lowest BCUT2D eigenvalue weighted by atomic mass is 9.91. The molecule has 0 aliphatic heterocycles. The Bertz CT molecular complexity index is 2960. The van der Waals surface area contributed by atoms with Gasteiger partial charge in [0.1, 0.15) is 11.5 Å². The van der Waals surface area contributed by atoms with Crippen LogP contribution in [0.25, 0.3) is 0 Å². The third-order valence-corrected chi connectivity index (χ3v) is 30.1. The Morgan fingerprint density at radius 3 is 1.03 bits per heavy atom. The zero-order chi connectivity index (χ0) is 54.2. The fraction of sp³-hybridized carbons (Fsp3) is 0.284. The SMILES string of the molecule is COc1cc(C[C@H](CO[Si](c2ccccc2)(c2ccccc2)C(C)(C)C)CC(O)c2ccc(O[Si](c3ccccc3)(c3ccccc3)C(C)(C)C)c(OC)c2)ccc1O[Si](c1ccccc1)(c1ccccc1)C(C)(C)C. The van der Waals surface area contributed by atoms with Crippen molar-refractivity contribution in [3.05, 3.63) is 230 Å². The minimum atomic E-state index is -2.99. The van der Waals surface area contributed by atoms with Crippen LogP contribution in [0.2, 0.25) is 15.1 Å². The van der Waals surface area contributed by atoms with Crippen LogP contribution in [0.15, 0.2) is 218 Å². The summed E-state index contributed by atoms with van der Waals surface area (Å²) in [5, 5.41) is 19.0. The number of ether oxygens (including phenoxy) is 2. The molecule has 76 heavy (non-hydrogen) atoms. The average Bonchev–Trinajstić information content (AvgIpc) is 3.55. The van der Waals surface area contributed by atoms with E-state index >= 15 is 0 Å². The quantitative estimate of drug-likeness (QED) is 0.0767. The molecule has 8 aromatic rings. The Hall–Kier alpha value is -6.47. The maximum atomic E-state index is 12.6. The minimum Gasteiger partial charge on any atom is -0.531 e. The Morgan fingerprint density at radius 2 is 0.697 bits per heavy atom. The van der Waals surface area contributed by atoms with Crippen LogP contribution in [0.4, 0.5) is 0 Å². The van der Waals surface area contributed by atoms with E-state index in [0.717, 1.165) is 11.1 Å². The van der Waals surface area contributed by atoms with E-state index in [-0.39, 0.29) is 21.0 Å². The monoisotopic (exact) mass is 1060 g/mol. The van der Waals surface area contributed by atoms with Crippen molar-refractivity contribution in [2.75, 3.05) is 20.8 Å². The topological polar surface area (TPSA) is 66.4 Å². The third-order valence-electron chi connectivity index (χ3n) is 15.2. The zero-order valence-electron chi connectivity index (χ0n) is 46.5. The van der Waals surface area contributed by atoms with Crippen LogP contribution in [0.1, 0.15) is 86.0 Å². The summed E-state index contributed by atoms with van der Waals surface area (Å²) in [6, 6.07) is 76.5. The number of methoxy groups -OCH3 is 2. The molecule has 0 spiro atoms. The predicted octanol–water partition coefficient (Wildman–Crippen LogP) is 12.4. The van der Waals surface area contributed by atoms with Gasteiger partial charge in [0, 0.05) is 6.61 Å². The first kappa shape index (κ1) is 55.8. The van der Waals surface area contributed by atoms with Crippen LogP contribution >= 0.6 is 0 Å². The highest BCUT2D eigenvalue weighted by molar-refractivity contribution is 7.01. The van der Waals surface area contributed by atoms with Gasteiger partial charge in [0.15, 0.2) is 11.5 Å². The summed E-state index contributed by atoms with van der Waals surface area (Å²) in [4.78, 5) is 0. The summed E-state index contributed by atoms with van der Waals surface area (Å²) < 4.78 is 35.2. The van der Waals surface area contributed by atoms with Crippen LogP contribution in [0.3, 0.4) is 0 Å². The van der Waals surface area contributed by atoms with Crippen LogP contribution in [-0.4, -0.2) is 50.9 Å². The van der Waals surface area contributed by atoms with E-state index in [1.54, 1.807) is 14.2 Å². The Labute approximate surface area is 457 Å². The van der Waals surface area contributed by atoms with Gasteiger partial charge in [0.25, 0.3) is 8.32 Å². The van der Waals surface area contributed by atoms with Gasteiger partial charge < -0.3 is 27.9 Å². The lowest BCUT2D eigenvalue weighted by Gasteiger charge is -2.44. The van der Waals surface area contributed by atoms with Crippen molar-refractivity contribution in [2.45, 2.75) is 96.4 Å². The Kier molecular flexibility index (Phi) is 17.2. The van der Waals surface area contributed by atoms with E-state index in [4.69, 9.17) is 22.8 Å². The normalized spacial score (nSPS) is 13.4. The summed E-state index contributed by atoms with van der Waals surface area (Å²) in [5.41, 5.74) is 1.80. The lowest BCUT2D eigenvalue weighted by Crippen LogP contribution is -2.68. The third kappa shape index (κ3) is 11.3. The summed E-state index contributed by atoms with van der Waals surface area (Å²) in [7, 11) is -5.54. The van der Waals surface area contributed by atoms with Crippen molar-refractivity contribution in [3.8, 4) is 23.0 Å². The average molecular weight is 1060 g/mol. The molecular formula is C67H78O6Si3. The van der Waals surface area contributed by atoms with Crippen molar-refractivity contribution in [1.29, 1.82) is 0 Å². The molecule has 0 bridgehead atoms. The van der Waals surface area contributed by atoms with E-state index in [2.05, 4.69) is 263 Å². The van der Waals surface area contributed by atoms with Crippen LogP contribution < -0.4 is 49.4 Å². The molecule has 0 amide bonds. The lowest BCUT2D eigenvalue weighted by molar-refractivity contribution is 0.119. The molecule has 1 unspecified atom stereocenters. The van der Waals surface area contributed by atoms with Crippen molar-refractivity contribution in [3.63, 3.8) is 0 Å². The van der Waals surface area contributed by atoms with Gasteiger partial charge in [-0.1, -0.05) is 256 Å². The molecule has 1 N–H and O–H groups in total. The van der Waals surface area contributed by atoms with Crippen molar-refractivity contribution in [2.24, 2.45) is 5.92 Å². The molecule has 0 fully saturated rings. The molecule has 394 valence electrons. The van der Waals surface area contributed by atoms with Gasteiger partial charge in [-0.2, -0.15) is 0 Å². The van der Waals surface area contributed by atoms with E-state index in [1.807, 2.05) is 18.2 Å². The number of benzene rings is 8. The van der Waals surface area contributed by atoms with E-state index in [1.165, 1.54) is 31.1 Å². The standard InChI is InChI=1S/C67H78O6Si3/c1-65(2,3)74(54-30-18-12-19-31-54,55-32-20-13-21-33-55)71-50-52(46-51-42-44-61(63(48-51)69-10)72-75(66(4,5)6,56-34-22-14-23-35-56)57-36-24-15-25-37-57)47-60(68)53-43-45-62(64(49-53)70-11)73-76(67(7,8)9,58-38-26-16-27-39-58)59-40-28-17-29-41-59/h12-45,48-49,52,60,68H,46-47,50H2,1-11H3/t52-,60?/m0/s1. The molecule has 0 heterocycles. The first-order valence-electron chi connectivity index (χ1n) is 26.8. The van der Waals surface area contributed by atoms with E-state index in [0.29, 0.717) is 42.4 Å². The number of aliphatic hydroxyl groups excluding tert-OH is 1. The number of hydrogen-bond donors (Lipinski definition) is 1. The minimum absolute atomic E-state index is 0.135. The summed E-state index contributed by atoms with van der Waals surface area (Å²) in [5.74, 6) is 2.45. The van der Waals surface area contributed by atoms with Gasteiger partial charge in [-0.15, -0.1) is 0 Å². The smallest absolute Gasteiger partial charge is 0.320 e. The zero-order valence-corrected chi connectivity index (χ0v) is 49.5. The van der Waals surface area contributed by atoms with Crippen LogP contribution in [0, 0.1) is 5.92 Å². The van der Waals surface area contributed by atoms with Gasteiger partial charge in [0.2, 0.25) is 0 Å². The van der Waals surface area contributed by atoms with Crippen molar-refractivity contribution < 1.29 is 27.9 Å². The Morgan fingerprint density at radius 1 is 0.382 bits per heavy atom. The second kappa shape index (κ2) is 23.4. The maximum absolute atomic E-state index is 12.6. The fourth-order valence-corrected chi connectivity index (χ4v) is 25.0. The van der Waals surface area contributed by atoms with Crippen LogP contribution in [0.5, 0.6) is 23.0 Å². The predicted molar refractivity (Wildman–Crippen MR) is 323 cm³/mol. The summed E-state index contributed by atoms with van der Waals surface area (Å²) in [6.45, 7) is 21.0. The van der Waals surface area contributed by atoms with Crippen molar-refractivity contribution in [1.82, 2.24) is 0 Å². The van der Waals surface area contributed by atoms with Gasteiger partial charge >= 0.3 is 16.6 Å². The molecule has 0 aliphatic carbocycles. The molecule has 0 radical (unpaired) electrons. The molecule has 0 aromatic heterocycles. The largest absolute Gasteiger partial charge is 0.531 e. The van der Waals surface area contributed by atoms with Gasteiger partial charge in [0.05, 0.1) is 20.3 Å². The molecule has 8 rings (SSSR count). The molecular weight excluding hydrogens is 985 g/mol. The Balaban J connectivity index is 1.18. The number of rotatable bonds is 20. The van der Waals surface area contributed by atoms with Gasteiger partial charge in [-0.3, -0.25) is 0 Å². The molecule has 0 saturated heterocycles. The second-order valence-corrected chi connectivity index (χ2v) is 36.0. The highest BCUT2D eigenvalue weighted by Crippen LogP contribution is 2.44. The highest BCUT2D eigenvalue weighted by atomic mass is 28.4. The number of hydrogen-bond acceptors (Lipinski definition) is 6. The summed E-state index contributed by atoms with van der Waals surface area (Å²) in [6.07, 6.45) is 0.166. The first-order valence-corrected chi connectivity index (χ1v) is 32.5.